The lowest BCUT2D eigenvalue weighted by molar-refractivity contribution is -0.384. The van der Waals surface area contributed by atoms with Gasteiger partial charge in [-0.1, -0.05) is 6.92 Å². The van der Waals surface area contributed by atoms with Crippen LogP contribution in [0.3, 0.4) is 0 Å². The van der Waals surface area contributed by atoms with Crippen molar-refractivity contribution < 1.29 is 18.1 Å². The predicted molar refractivity (Wildman–Crippen MR) is 85.3 cm³/mol. The minimum Gasteiger partial charge on any atom is -0.365 e. The largest absolute Gasteiger partial charge is 0.365 e. The van der Waals surface area contributed by atoms with Gasteiger partial charge in [-0.2, -0.15) is 0 Å². The maximum atomic E-state index is 11.7. The van der Waals surface area contributed by atoms with Crippen LogP contribution >= 0.6 is 0 Å². The van der Waals surface area contributed by atoms with Crippen LogP contribution in [0.4, 0.5) is 11.4 Å². The van der Waals surface area contributed by atoms with E-state index in [2.05, 4.69) is 0 Å². The zero-order valence-corrected chi connectivity index (χ0v) is 13.9. The topological polar surface area (TPSA) is 97.6 Å². The smallest absolute Gasteiger partial charge is 0.293 e. The van der Waals surface area contributed by atoms with Gasteiger partial charge in [0, 0.05) is 30.5 Å². The molecule has 0 aliphatic rings. The van der Waals surface area contributed by atoms with Gasteiger partial charge in [-0.3, -0.25) is 14.9 Å². The molecule has 1 atom stereocenters. The summed E-state index contributed by atoms with van der Waals surface area (Å²) in [5, 5.41) is 11.2. The molecule has 0 spiro atoms. The van der Waals surface area contributed by atoms with E-state index in [9.17, 15) is 23.3 Å². The van der Waals surface area contributed by atoms with Gasteiger partial charge in [0.05, 0.1) is 10.7 Å². The van der Waals surface area contributed by atoms with Crippen molar-refractivity contribution in [2.24, 2.45) is 0 Å². The van der Waals surface area contributed by atoms with Crippen molar-refractivity contribution in [2.75, 3.05) is 23.5 Å². The van der Waals surface area contributed by atoms with Crippen LogP contribution in [0.25, 0.3) is 0 Å². The van der Waals surface area contributed by atoms with E-state index in [0.29, 0.717) is 0 Å². The van der Waals surface area contributed by atoms with Gasteiger partial charge in [-0.15, -0.1) is 0 Å². The summed E-state index contributed by atoms with van der Waals surface area (Å²) >= 11 is 0. The fourth-order valence-corrected chi connectivity index (χ4v) is 3.22. The zero-order valence-electron chi connectivity index (χ0n) is 13.1. The van der Waals surface area contributed by atoms with Crippen molar-refractivity contribution in [1.82, 2.24) is 0 Å². The highest BCUT2D eigenvalue weighted by Crippen LogP contribution is 2.30. The Hall–Kier alpha value is -1.96. The summed E-state index contributed by atoms with van der Waals surface area (Å²) in [6.45, 7) is 4.58. The van der Waals surface area contributed by atoms with Gasteiger partial charge in [0.1, 0.15) is 5.69 Å². The maximum absolute atomic E-state index is 11.7. The third-order valence-electron chi connectivity index (χ3n) is 3.55. The van der Waals surface area contributed by atoms with Crippen molar-refractivity contribution in [3.8, 4) is 0 Å². The second kappa shape index (κ2) is 6.87. The van der Waals surface area contributed by atoms with Crippen LogP contribution in [0.15, 0.2) is 18.2 Å². The Labute approximate surface area is 130 Å². The molecule has 122 valence electrons. The number of sulfone groups is 1. The molecule has 1 aromatic carbocycles. The van der Waals surface area contributed by atoms with E-state index in [0.717, 1.165) is 0 Å². The lowest BCUT2D eigenvalue weighted by atomic mass is 10.1. The Morgan fingerprint density at radius 3 is 2.45 bits per heavy atom. The Bertz CT molecular complexity index is 684. The molecule has 0 aromatic heterocycles. The van der Waals surface area contributed by atoms with E-state index < -0.39 is 20.8 Å². The summed E-state index contributed by atoms with van der Waals surface area (Å²) in [5.41, 5.74) is 0.322. The van der Waals surface area contributed by atoms with E-state index in [4.69, 9.17) is 0 Å². The molecule has 0 aliphatic heterocycles. The first-order chi connectivity index (χ1) is 10.1. The van der Waals surface area contributed by atoms with Crippen LogP contribution in [-0.4, -0.2) is 43.7 Å². The maximum Gasteiger partial charge on any atom is 0.293 e. The minimum absolute atomic E-state index is 0.0244. The molecule has 0 saturated carbocycles. The van der Waals surface area contributed by atoms with Crippen LogP contribution in [0.1, 0.15) is 31.1 Å². The molecule has 0 bridgehead atoms. The van der Waals surface area contributed by atoms with Crippen molar-refractivity contribution in [2.45, 2.75) is 26.8 Å². The minimum atomic E-state index is -3.19. The molecule has 0 radical (unpaired) electrons. The number of benzene rings is 1. The van der Waals surface area contributed by atoms with E-state index in [1.165, 1.54) is 25.1 Å². The number of ketones is 1. The number of rotatable bonds is 7. The normalized spacial score (nSPS) is 12.7. The summed E-state index contributed by atoms with van der Waals surface area (Å²) in [4.78, 5) is 23.5. The number of carbonyl (C=O) groups is 1. The Kier molecular flexibility index (Phi) is 5.65. The average molecular weight is 328 g/mol. The van der Waals surface area contributed by atoms with E-state index in [1.54, 1.807) is 25.8 Å². The molecule has 8 heteroatoms. The van der Waals surface area contributed by atoms with Gasteiger partial charge >= 0.3 is 0 Å². The first-order valence-electron chi connectivity index (χ1n) is 6.81. The monoisotopic (exact) mass is 328 g/mol. The molecule has 1 rings (SSSR count). The molecule has 0 fully saturated rings. The first kappa shape index (κ1) is 18.1. The average Bonchev–Trinajstić information content (AvgIpc) is 2.45. The Balaban J connectivity index is 3.19. The van der Waals surface area contributed by atoms with Crippen LogP contribution in [0.2, 0.25) is 0 Å². The highest BCUT2D eigenvalue weighted by atomic mass is 32.2. The van der Waals surface area contributed by atoms with Crippen molar-refractivity contribution in [3.63, 3.8) is 0 Å². The van der Waals surface area contributed by atoms with Crippen LogP contribution < -0.4 is 4.90 Å². The van der Waals surface area contributed by atoms with Gasteiger partial charge in [0.2, 0.25) is 0 Å². The zero-order chi connectivity index (χ0) is 17.1. The quantitative estimate of drug-likeness (QED) is 0.432. The summed E-state index contributed by atoms with van der Waals surface area (Å²) in [7, 11) is -1.59. The van der Waals surface area contributed by atoms with Gasteiger partial charge in [-0.25, -0.2) is 8.42 Å². The molecule has 22 heavy (non-hydrogen) atoms. The second-order valence-electron chi connectivity index (χ2n) is 5.18. The van der Waals surface area contributed by atoms with Crippen molar-refractivity contribution in [3.05, 3.63) is 33.9 Å². The van der Waals surface area contributed by atoms with Crippen LogP contribution in [0.5, 0.6) is 0 Å². The first-order valence-corrected chi connectivity index (χ1v) is 8.63. The number of hydrogen-bond donors (Lipinski definition) is 0. The Morgan fingerprint density at radius 1 is 1.41 bits per heavy atom. The number of nitro groups is 1. The molecular formula is C14H20N2O5S. The summed E-state index contributed by atoms with van der Waals surface area (Å²) < 4.78 is 23.4. The van der Waals surface area contributed by atoms with Crippen molar-refractivity contribution in [1.29, 1.82) is 0 Å². The molecular weight excluding hydrogens is 308 g/mol. The van der Waals surface area contributed by atoms with Gasteiger partial charge in [0.25, 0.3) is 5.69 Å². The predicted octanol–water partition coefficient (Wildman–Crippen LogP) is 2.06. The molecule has 1 aromatic rings. The van der Waals surface area contributed by atoms with Crippen LogP contribution in [0, 0.1) is 10.1 Å². The third kappa shape index (κ3) is 4.27. The lowest BCUT2D eigenvalue weighted by Crippen LogP contribution is -2.36. The Morgan fingerprint density at radius 2 is 2.00 bits per heavy atom. The van der Waals surface area contributed by atoms with Gasteiger partial charge in [0.15, 0.2) is 15.6 Å². The number of anilines is 1. The standard InChI is InChI=1S/C14H20N2O5S/c1-5-22(20,21)9-10(2)15(4)13-7-6-12(11(3)17)8-14(13)16(18)19/h6-8,10H,5,9H2,1-4H3. The fraction of sp³-hybridized carbons (Fsp3) is 0.500. The second-order valence-corrected chi connectivity index (χ2v) is 7.57. The van der Waals surface area contributed by atoms with Crippen LogP contribution in [-0.2, 0) is 9.84 Å². The molecule has 7 nitrogen and oxygen atoms in total. The van der Waals surface area contributed by atoms with Crippen molar-refractivity contribution >= 4 is 27.0 Å². The molecule has 0 aliphatic carbocycles. The highest BCUT2D eigenvalue weighted by molar-refractivity contribution is 7.91. The van der Waals surface area contributed by atoms with Gasteiger partial charge in [-0.05, 0) is 26.0 Å². The summed E-state index contributed by atoms with van der Waals surface area (Å²) in [5.74, 6) is -0.332. The molecule has 0 heterocycles. The van der Waals surface area contributed by atoms with Gasteiger partial charge < -0.3 is 4.90 Å². The number of carbonyl (C=O) groups excluding carboxylic acids is 1. The molecule has 1 unspecified atom stereocenters. The number of nitrogens with zero attached hydrogens (tertiary/aromatic N) is 2. The third-order valence-corrected chi connectivity index (χ3v) is 5.42. The number of nitro benzene ring substituents is 1. The van der Waals surface area contributed by atoms with E-state index in [1.807, 2.05) is 0 Å². The SMILES string of the molecule is CCS(=O)(=O)CC(C)N(C)c1ccc(C(C)=O)cc1[N+](=O)[O-]. The highest BCUT2D eigenvalue weighted by Gasteiger charge is 2.24. The molecule has 0 N–H and O–H groups in total. The van der Waals surface area contributed by atoms with E-state index >= 15 is 0 Å². The number of hydrogen-bond acceptors (Lipinski definition) is 6. The summed E-state index contributed by atoms with van der Waals surface area (Å²) in [6.07, 6.45) is 0. The van der Waals surface area contributed by atoms with E-state index in [-0.39, 0.29) is 34.2 Å². The molecule has 0 saturated heterocycles. The summed E-state index contributed by atoms with van der Waals surface area (Å²) in [6, 6.07) is 3.77. The molecule has 0 amide bonds. The lowest BCUT2D eigenvalue weighted by Gasteiger charge is -2.26. The fourth-order valence-electron chi connectivity index (χ4n) is 2.02. The number of Topliss-reactive ketones (excluding diaryl/α,β-unsaturated/α-hetero) is 1.